The van der Waals surface area contributed by atoms with Crippen LogP contribution in [0.15, 0.2) is 24.3 Å². The first-order valence-corrected chi connectivity index (χ1v) is 6.96. The lowest BCUT2D eigenvalue weighted by molar-refractivity contribution is -0.134. The fraction of sp³-hybridized carbons (Fsp3) is 0.500. The molecule has 0 bridgehead atoms. The zero-order chi connectivity index (χ0) is 15.6. The fourth-order valence-electron chi connectivity index (χ4n) is 1.85. The van der Waals surface area contributed by atoms with E-state index in [4.69, 9.17) is 0 Å². The van der Waals surface area contributed by atoms with Gasteiger partial charge < -0.3 is 4.74 Å². The van der Waals surface area contributed by atoms with Gasteiger partial charge in [-0.25, -0.2) is 4.79 Å². The Bertz CT molecular complexity index is 479. The number of benzene rings is 1. The molecule has 0 aliphatic heterocycles. The Balaban J connectivity index is 3.31. The van der Waals surface area contributed by atoms with Crippen molar-refractivity contribution in [3.8, 4) is 0 Å². The lowest BCUT2D eigenvalue weighted by atomic mass is 9.79. The number of hydrogen-bond donors (Lipinski definition) is 0. The highest BCUT2D eigenvalue weighted by Crippen LogP contribution is 2.30. The highest BCUT2D eigenvalue weighted by atomic mass is 16.5. The molecule has 0 atom stereocenters. The summed E-state index contributed by atoms with van der Waals surface area (Å²) in [6.07, 6.45) is 3.28. The minimum atomic E-state index is -0.330. The number of hydrogen-bond acceptors (Lipinski definition) is 2. The average Bonchev–Trinajstić information content (AvgIpc) is 2.33. The molecule has 0 fully saturated rings. The molecule has 0 spiro atoms. The molecule has 2 heteroatoms. The largest absolute Gasteiger partial charge is 0.466 e. The second-order valence-electron chi connectivity index (χ2n) is 7.20. The van der Waals surface area contributed by atoms with Crippen LogP contribution in [0, 0.1) is 0 Å². The van der Waals surface area contributed by atoms with E-state index in [0.29, 0.717) is 0 Å². The average molecular weight is 274 g/mol. The summed E-state index contributed by atoms with van der Waals surface area (Å²) < 4.78 is 4.64. The van der Waals surface area contributed by atoms with Gasteiger partial charge in [-0.15, -0.1) is 0 Å². The molecule has 1 aromatic rings. The Labute approximate surface area is 122 Å². The Kier molecular flexibility index (Phi) is 4.80. The summed E-state index contributed by atoms with van der Waals surface area (Å²) in [5.41, 5.74) is 3.74. The summed E-state index contributed by atoms with van der Waals surface area (Å²) in [6, 6.07) is 6.53. The van der Waals surface area contributed by atoms with Gasteiger partial charge in [0.1, 0.15) is 0 Å². The van der Waals surface area contributed by atoms with E-state index in [1.165, 1.54) is 24.3 Å². The zero-order valence-electron chi connectivity index (χ0n) is 13.7. The van der Waals surface area contributed by atoms with E-state index in [9.17, 15) is 4.79 Å². The SMILES string of the molecule is COC(=O)C=Cc1cc(C(C)(C)C)cc(C(C)(C)C)c1. The van der Waals surface area contributed by atoms with Gasteiger partial charge in [0, 0.05) is 6.08 Å². The maximum atomic E-state index is 11.2. The number of carbonyl (C=O) groups excluding carboxylic acids is 1. The van der Waals surface area contributed by atoms with E-state index in [-0.39, 0.29) is 16.8 Å². The lowest BCUT2D eigenvalue weighted by Gasteiger charge is -2.25. The van der Waals surface area contributed by atoms with Gasteiger partial charge in [0.2, 0.25) is 0 Å². The van der Waals surface area contributed by atoms with Crippen LogP contribution in [0.2, 0.25) is 0 Å². The summed E-state index contributed by atoms with van der Waals surface area (Å²) in [5.74, 6) is -0.330. The maximum absolute atomic E-state index is 11.2. The molecule has 1 aromatic carbocycles. The third kappa shape index (κ3) is 4.52. The molecular formula is C18H26O2. The second kappa shape index (κ2) is 5.82. The van der Waals surface area contributed by atoms with Crippen molar-refractivity contribution in [3.05, 3.63) is 41.0 Å². The van der Waals surface area contributed by atoms with E-state index < -0.39 is 0 Å². The number of methoxy groups -OCH3 is 1. The van der Waals surface area contributed by atoms with E-state index >= 15 is 0 Å². The van der Waals surface area contributed by atoms with Crippen LogP contribution in [0.5, 0.6) is 0 Å². The molecule has 0 saturated heterocycles. The van der Waals surface area contributed by atoms with Crippen molar-refractivity contribution in [2.45, 2.75) is 52.4 Å². The first-order chi connectivity index (χ1) is 9.04. The van der Waals surface area contributed by atoms with Crippen LogP contribution in [0.1, 0.15) is 58.2 Å². The van der Waals surface area contributed by atoms with Crippen molar-refractivity contribution in [2.75, 3.05) is 7.11 Å². The van der Waals surface area contributed by atoms with Gasteiger partial charge >= 0.3 is 5.97 Å². The predicted octanol–water partition coefficient (Wildman–Crippen LogP) is 4.47. The molecule has 0 saturated carbocycles. The standard InChI is InChI=1S/C18H26O2/c1-17(2,3)14-10-13(8-9-16(19)20-7)11-15(12-14)18(4,5)6/h8-12H,1-7H3. The Morgan fingerprint density at radius 3 is 1.75 bits per heavy atom. The first kappa shape index (κ1) is 16.5. The topological polar surface area (TPSA) is 26.3 Å². The minimum absolute atomic E-state index is 0.0785. The monoisotopic (exact) mass is 274 g/mol. The van der Waals surface area contributed by atoms with E-state index in [1.54, 1.807) is 0 Å². The summed E-state index contributed by atoms with van der Waals surface area (Å²) in [5, 5.41) is 0. The van der Waals surface area contributed by atoms with Crippen LogP contribution in [-0.2, 0) is 20.4 Å². The van der Waals surface area contributed by atoms with Crippen molar-refractivity contribution >= 4 is 12.0 Å². The molecule has 2 nitrogen and oxygen atoms in total. The molecule has 110 valence electrons. The normalized spacial score (nSPS) is 12.8. The highest BCUT2D eigenvalue weighted by Gasteiger charge is 2.19. The third-order valence-corrected chi connectivity index (χ3v) is 3.30. The highest BCUT2D eigenvalue weighted by molar-refractivity contribution is 5.87. The summed E-state index contributed by atoms with van der Waals surface area (Å²) >= 11 is 0. The molecule has 0 radical (unpaired) electrons. The Morgan fingerprint density at radius 2 is 1.40 bits per heavy atom. The molecule has 0 unspecified atom stereocenters. The van der Waals surface area contributed by atoms with Crippen molar-refractivity contribution in [2.24, 2.45) is 0 Å². The molecule has 0 N–H and O–H groups in total. The van der Waals surface area contributed by atoms with Crippen LogP contribution >= 0.6 is 0 Å². The molecule has 0 aromatic heterocycles. The Hall–Kier alpha value is -1.57. The van der Waals surface area contributed by atoms with Crippen molar-refractivity contribution in [1.82, 2.24) is 0 Å². The molecule has 0 aliphatic carbocycles. The quantitative estimate of drug-likeness (QED) is 0.587. The maximum Gasteiger partial charge on any atom is 0.330 e. The number of rotatable bonds is 2. The molecule has 0 heterocycles. The summed E-state index contributed by atoms with van der Waals surface area (Å²) in [4.78, 5) is 11.2. The van der Waals surface area contributed by atoms with Gasteiger partial charge in [0.25, 0.3) is 0 Å². The second-order valence-corrected chi connectivity index (χ2v) is 7.20. The van der Waals surface area contributed by atoms with Gasteiger partial charge in [0.15, 0.2) is 0 Å². The first-order valence-electron chi connectivity index (χ1n) is 6.96. The molecule has 1 rings (SSSR count). The van der Waals surface area contributed by atoms with Crippen molar-refractivity contribution in [1.29, 1.82) is 0 Å². The smallest absolute Gasteiger partial charge is 0.330 e. The molecule has 0 aliphatic rings. The lowest BCUT2D eigenvalue weighted by Crippen LogP contribution is -2.16. The van der Waals surface area contributed by atoms with Crippen LogP contribution in [0.4, 0.5) is 0 Å². The van der Waals surface area contributed by atoms with Gasteiger partial charge in [-0.05, 0) is 33.6 Å². The van der Waals surface area contributed by atoms with Gasteiger partial charge in [-0.1, -0.05) is 59.7 Å². The van der Waals surface area contributed by atoms with Crippen LogP contribution in [0.25, 0.3) is 6.08 Å². The van der Waals surface area contributed by atoms with Gasteiger partial charge in [-0.2, -0.15) is 0 Å². The van der Waals surface area contributed by atoms with E-state index in [1.807, 2.05) is 6.08 Å². The van der Waals surface area contributed by atoms with Crippen LogP contribution < -0.4 is 0 Å². The minimum Gasteiger partial charge on any atom is -0.466 e. The van der Waals surface area contributed by atoms with E-state index in [2.05, 4.69) is 64.5 Å². The zero-order valence-corrected chi connectivity index (χ0v) is 13.7. The molecule has 20 heavy (non-hydrogen) atoms. The van der Waals surface area contributed by atoms with Gasteiger partial charge in [-0.3, -0.25) is 0 Å². The summed E-state index contributed by atoms with van der Waals surface area (Å²) in [7, 11) is 1.39. The Morgan fingerprint density at radius 1 is 0.950 bits per heavy atom. The van der Waals surface area contributed by atoms with Gasteiger partial charge in [0.05, 0.1) is 7.11 Å². The number of carbonyl (C=O) groups is 1. The van der Waals surface area contributed by atoms with E-state index in [0.717, 1.165) is 5.56 Å². The number of ether oxygens (including phenoxy) is 1. The van der Waals surface area contributed by atoms with Crippen LogP contribution in [0.3, 0.4) is 0 Å². The summed E-state index contributed by atoms with van der Waals surface area (Å²) in [6.45, 7) is 13.2. The van der Waals surface area contributed by atoms with Crippen molar-refractivity contribution < 1.29 is 9.53 Å². The third-order valence-electron chi connectivity index (χ3n) is 3.30. The van der Waals surface area contributed by atoms with Crippen molar-refractivity contribution in [3.63, 3.8) is 0 Å². The fourth-order valence-corrected chi connectivity index (χ4v) is 1.85. The molecular weight excluding hydrogens is 248 g/mol. The van der Waals surface area contributed by atoms with Crippen LogP contribution in [-0.4, -0.2) is 13.1 Å². The number of esters is 1. The predicted molar refractivity (Wildman–Crippen MR) is 84.9 cm³/mol. The molecule has 0 amide bonds.